The van der Waals surface area contributed by atoms with Gasteiger partial charge < -0.3 is 4.90 Å². The Hall–Kier alpha value is -0.380. The van der Waals surface area contributed by atoms with Gasteiger partial charge in [0.15, 0.2) is 5.78 Å². The van der Waals surface area contributed by atoms with Crippen LogP contribution in [0.2, 0.25) is 0 Å². The van der Waals surface area contributed by atoms with E-state index >= 15 is 0 Å². The third-order valence-corrected chi connectivity index (χ3v) is 8.51. The molecule has 2 saturated carbocycles. The van der Waals surface area contributed by atoms with E-state index in [1.54, 1.807) is 0 Å². The number of rotatable bonds is 0. The number of piperidine rings is 1. The number of hydrogen-bond donors (Lipinski definition) is 0. The van der Waals surface area contributed by atoms with E-state index in [1.165, 1.54) is 0 Å². The molecule has 0 aromatic carbocycles. The van der Waals surface area contributed by atoms with Gasteiger partial charge in [0, 0.05) is 29.8 Å². The zero-order valence-electron chi connectivity index (χ0n) is 12.2. The molecule has 6 atom stereocenters. The molecule has 20 heavy (non-hydrogen) atoms. The molecular formula is C16H22BrNO2. The van der Waals surface area contributed by atoms with Crippen molar-refractivity contribution in [3.63, 3.8) is 0 Å². The van der Waals surface area contributed by atoms with Crippen molar-refractivity contribution in [3.8, 4) is 0 Å². The van der Waals surface area contributed by atoms with Gasteiger partial charge >= 0.3 is 0 Å². The second kappa shape index (κ2) is 3.88. The van der Waals surface area contributed by atoms with Crippen molar-refractivity contribution in [3.05, 3.63) is 0 Å². The van der Waals surface area contributed by atoms with Crippen LogP contribution in [0.3, 0.4) is 0 Å². The van der Waals surface area contributed by atoms with Gasteiger partial charge in [-0.2, -0.15) is 0 Å². The second-order valence-corrected chi connectivity index (χ2v) is 8.93. The van der Waals surface area contributed by atoms with Gasteiger partial charge in [0.05, 0.1) is 4.32 Å². The summed E-state index contributed by atoms with van der Waals surface area (Å²) in [5, 5.41) is 0. The number of carbonyl (C=O) groups excluding carboxylic acids is 2. The number of alkyl halides is 1. The van der Waals surface area contributed by atoms with E-state index in [0.29, 0.717) is 17.6 Å². The molecule has 0 aromatic rings. The molecule has 2 bridgehead atoms. The highest BCUT2D eigenvalue weighted by Gasteiger charge is 2.72. The van der Waals surface area contributed by atoms with E-state index in [4.69, 9.17) is 0 Å². The van der Waals surface area contributed by atoms with Gasteiger partial charge in [-0.25, -0.2) is 0 Å². The minimum atomic E-state index is -0.464. The van der Waals surface area contributed by atoms with Gasteiger partial charge in [-0.15, -0.1) is 0 Å². The van der Waals surface area contributed by atoms with Crippen molar-refractivity contribution < 1.29 is 9.59 Å². The summed E-state index contributed by atoms with van der Waals surface area (Å²) in [6.07, 6.45) is 4.89. The highest BCUT2D eigenvalue weighted by Crippen LogP contribution is 2.65. The molecule has 2 heterocycles. The average molecular weight is 340 g/mol. The first-order valence-electron chi connectivity index (χ1n) is 7.95. The van der Waals surface area contributed by atoms with Gasteiger partial charge in [0.25, 0.3) is 0 Å². The average Bonchev–Trinajstić information content (AvgIpc) is 2.55. The molecule has 3 nitrogen and oxygen atoms in total. The van der Waals surface area contributed by atoms with E-state index in [0.717, 1.165) is 38.6 Å². The molecule has 2 aliphatic heterocycles. The lowest BCUT2D eigenvalue weighted by Gasteiger charge is -2.56. The summed E-state index contributed by atoms with van der Waals surface area (Å²) in [6.45, 7) is 5.14. The second-order valence-electron chi connectivity index (χ2n) is 7.57. The van der Waals surface area contributed by atoms with E-state index in [9.17, 15) is 9.59 Å². The number of hydrogen-bond acceptors (Lipinski definition) is 2. The largest absolute Gasteiger partial charge is 0.339 e. The highest BCUT2D eigenvalue weighted by molar-refractivity contribution is 9.10. The van der Waals surface area contributed by atoms with Crippen LogP contribution >= 0.6 is 15.9 Å². The van der Waals surface area contributed by atoms with Crippen LogP contribution in [0, 0.1) is 23.2 Å². The quantitative estimate of drug-likeness (QED) is 0.636. The monoisotopic (exact) mass is 339 g/mol. The smallest absolute Gasteiger partial charge is 0.226 e. The Morgan fingerprint density at radius 1 is 1.30 bits per heavy atom. The van der Waals surface area contributed by atoms with Gasteiger partial charge in [-0.1, -0.05) is 42.6 Å². The van der Waals surface area contributed by atoms with Gasteiger partial charge in [-0.3, -0.25) is 9.59 Å². The third kappa shape index (κ3) is 1.24. The Kier molecular flexibility index (Phi) is 2.58. The van der Waals surface area contributed by atoms with E-state index in [-0.39, 0.29) is 23.3 Å². The SMILES string of the molecule is C[C@@H]1CN2C(=O)[C@H]3CCCC[C@@]4(Br)C(=O)C1CC2[C@@]34C. The summed E-state index contributed by atoms with van der Waals surface area (Å²) in [6, 6.07) is 0.274. The molecule has 2 aliphatic carbocycles. The number of amides is 1. The molecule has 4 aliphatic rings. The Morgan fingerprint density at radius 2 is 2.05 bits per heavy atom. The lowest BCUT2D eigenvalue weighted by atomic mass is 9.54. The van der Waals surface area contributed by atoms with E-state index < -0.39 is 4.32 Å². The van der Waals surface area contributed by atoms with E-state index in [1.807, 2.05) is 0 Å². The Bertz CT molecular complexity index is 507. The van der Waals surface area contributed by atoms with Gasteiger partial charge in [0.1, 0.15) is 0 Å². The number of nitrogens with zero attached hydrogens (tertiary/aromatic N) is 1. The maximum Gasteiger partial charge on any atom is 0.226 e. The molecule has 2 saturated heterocycles. The minimum Gasteiger partial charge on any atom is -0.339 e. The molecule has 0 radical (unpaired) electrons. The van der Waals surface area contributed by atoms with Crippen molar-refractivity contribution in [1.82, 2.24) is 4.90 Å². The molecule has 0 N–H and O–H groups in total. The maximum atomic E-state index is 13.2. The summed E-state index contributed by atoms with van der Waals surface area (Å²) in [7, 11) is 0. The Balaban J connectivity index is 1.94. The standard InChI is InChI=1S/C16H22BrNO2/c1-9-8-18-12-7-10(9)13(19)16(17)6-4-3-5-11(14(18)20)15(12,16)2/h9-12H,3-8H2,1-2H3/t9-,10?,11-,12?,15-,16-/m1/s1. The topological polar surface area (TPSA) is 37.4 Å². The summed E-state index contributed by atoms with van der Waals surface area (Å²) in [4.78, 5) is 28.2. The van der Waals surface area contributed by atoms with Crippen molar-refractivity contribution in [1.29, 1.82) is 0 Å². The van der Waals surface area contributed by atoms with Crippen LogP contribution in [-0.2, 0) is 9.59 Å². The van der Waals surface area contributed by atoms with Gasteiger partial charge in [0.2, 0.25) is 5.91 Å². The first kappa shape index (κ1) is 13.3. The zero-order chi connectivity index (χ0) is 14.3. The minimum absolute atomic E-state index is 0.0459. The third-order valence-electron chi connectivity index (χ3n) is 6.87. The highest BCUT2D eigenvalue weighted by atomic mass is 79.9. The molecule has 2 unspecified atom stereocenters. The number of fused-ring (bicyclic) bond motifs is 1. The predicted octanol–water partition coefficient (Wildman–Crippen LogP) is 2.77. The molecule has 110 valence electrons. The summed E-state index contributed by atoms with van der Waals surface area (Å²) in [5.74, 6) is 1.22. The van der Waals surface area contributed by atoms with Crippen LogP contribution in [0.15, 0.2) is 0 Å². The van der Waals surface area contributed by atoms with Crippen molar-refractivity contribution >= 4 is 27.6 Å². The first-order chi connectivity index (χ1) is 9.41. The van der Waals surface area contributed by atoms with Crippen LogP contribution in [0.25, 0.3) is 0 Å². The number of halogens is 1. The van der Waals surface area contributed by atoms with Crippen LogP contribution < -0.4 is 0 Å². The number of carbonyl (C=O) groups is 2. The fourth-order valence-electron chi connectivity index (χ4n) is 5.66. The Morgan fingerprint density at radius 3 is 2.80 bits per heavy atom. The predicted molar refractivity (Wildman–Crippen MR) is 79.5 cm³/mol. The van der Waals surface area contributed by atoms with Crippen molar-refractivity contribution in [2.45, 2.75) is 56.3 Å². The molecular weight excluding hydrogens is 318 g/mol. The first-order valence-corrected chi connectivity index (χ1v) is 8.74. The summed E-state index contributed by atoms with van der Waals surface area (Å²) in [5.41, 5.74) is -0.200. The van der Waals surface area contributed by atoms with Crippen LogP contribution in [-0.4, -0.2) is 33.5 Å². The van der Waals surface area contributed by atoms with Crippen LogP contribution in [0.5, 0.6) is 0 Å². The zero-order valence-corrected chi connectivity index (χ0v) is 13.8. The van der Waals surface area contributed by atoms with Crippen molar-refractivity contribution in [2.75, 3.05) is 6.54 Å². The maximum absolute atomic E-state index is 13.2. The lowest BCUT2D eigenvalue weighted by molar-refractivity contribution is -0.144. The molecule has 4 heteroatoms. The van der Waals surface area contributed by atoms with E-state index in [2.05, 4.69) is 34.7 Å². The Labute approximate surface area is 128 Å². The molecule has 4 rings (SSSR count). The molecule has 0 aromatic heterocycles. The van der Waals surface area contributed by atoms with Crippen LogP contribution in [0.4, 0.5) is 0 Å². The fourth-order valence-corrected chi connectivity index (χ4v) is 6.78. The summed E-state index contributed by atoms with van der Waals surface area (Å²) < 4.78 is -0.464. The lowest BCUT2D eigenvalue weighted by Crippen LogP contribution is -2.66. The normalized spacial score (nSPS) is 54.0. The molecule has 0 spiro atoms. The fraction of sp³-hybridized carbons (Fsp3) is 0.875. The molecule has 1 amide bonds. The summed E-state index contributed by atoms with van der Waals surface area (Å²) >= 11 is 3.89. The van der Waals surface area contributed by atoms with Crippen molar-refractivity contribution in [2.24, 2.45) is 23.2 Å². The van der Waals surface area contributed by atoms with Crippen LogP contribution in [0.1, 0.15) is 46.0 Å². The molecule has 4 fully saturated rings. The number of ketones is 1. The number of Topliss-reactive ketones (excluding diaryl/α,β-unsaturated/α-hetero) is 1. The van der Waals surface area contributed by atoms with Gasteiger partial charge in [-0.05, 0) is 25.2 Å².